The van der Waals surface area contributed by atoms with Crippen LogP contribution >= 0.6 is 11.8 Å². The van der Waals surface area contributed by atoms with E-state index in [2.05, 4.69) is 10.1 Å². The molecule has 8 heteroatoms. The van der Waals surface area contributed by atoms with Crippen molar-refractivity contribution >= 4 is 17.4 Å². The second-order valence-corrected chi connectivity index (χ2v) is 5.14. The summed E-state index contributed by atoms with van der Waals surface area (Å²) in [7, 11) is 0. The Hall–Kier alpha value is -1.93. The first-order chi connectivity index (χ1) is 9.61. The van der Waals surface area contributed by atoms with Gasteiger partial charge in [0.1, 0.15) is 0 Å². The molecule has 0 bridgehead atoms. The number of aromatic nitrogens is 2. The lowest BCUT2D eigenvalue weighted by atomic mass is 10.2. The van der Waals surface area contributed by atoms with Gasteiger partial charge >= 0.3 is 0 Å². The Morgan fingerprint density at radius 2 is 2.35 bits per heavy atom. The number of nitrogens with two attached hydrogens (primary N) is 1. The van der Waals surface area contributed by atoms with E-state index in [0.717, 1.165) is 12.2 Å². The van der Waals surface area contributed by atoms with E-state index in [1.807, 2.05) is 6.26 Å². The highest BCUT2D eigenvalue weighted by atomic mass is 32.2. The van der Waals surface area contributed by atoms with Crippen LogP contribution in [0, 0.1) is 10.1 Å². The fraction of sp³-hybridized carbons (Fsp3) is 0.333. The minimum atomic E-state index is -0.464. The van der Waals surface area contributed by atoms with Crippen molar-refractivity contribution in [1.29, 1.82) is 0 Å². The summed E-state index contributed by atoms with van der Waals surface area (Å²) in [6.45, 7) is 0. The number of rotatable bonds is 6. The van der Waals surface area contributed by atoms with Crippen LogP contribution in [0.4, 0.5) is 5.69 Å². The smallest absolute Gasteiger partial charge is 0.270 e. The minimum Gasteiger partial charge on any atom is -0.337 e. The zero-order valence-electron chi connectivity index (χ0n) is 10.9. The molecular formula is C12H14N4O3S. The average molecular weight is 294 g/mol. The Labute approximate surface area is 119 Å². The third-order valence-electron chi connectivity index (χ3n) is 2.71. The van der Waals surface area contributed by atoms with Crippen molar-refractivity contribution in [3.8, 4) is 11.4 Å². The van der Waals surface area contributed by atoms with Gasteiger partial charge in [0, 0.05) is 17.7 Å². The van der Waals surface area contributed by atoms with Gasteiger partial charge in [-0.05, 0) is 18.4 Å². The third kappa shape index (κ3) is 3.34. The van der Waals surface area contributed by atoms with E-state index in [-0.39, 0.29) is 11.7 Å². The maximum absolute atomic E-state index is 10.7. The molecule has 2 aromatic rings. The Bertz CT molecular complexity index is 602. The molecule has 0 amide bonds. The number of nitro benzene ring substituents is 1. The lowest BCUT2D eigenvalue weighted by Gasteiger charge is -2.03. The quantitative estimate of drug-likeness (QED) is 0.643. The second kappa shape index (κ2) is 6.49. The number of hydrogen-bond donors (Lipinski definition) is 1. The van der Waals surface area contributed by atoms with E-state index in [0.29, 0.717) is 17.3 Å². The molecule has 0 saturated heterocycles. The standard InChI is InChI=1S/C12H14N4O3S/c1-20-6-5-10(13)12-14-11(15-19-12)8-3-2-4-9(7-8)16(17)18/h2-4,7,10H,5-6,13H2,1H3/t10-/m0/s1. The summed E-state index contributed by atoms with van der Waals surface area (Å²) in [6, 6.07) is 5.77. The first-order valence-electron chi connectivity index (χ1n) is 5.94. The Morgan fingerprint density at radius 3 is 3.05 bits per heavy atom. The van der Waals surface area contributed by atoms with Crippen molar-refractivity contribution in [3.63, 3.8) is 0 Å². The molecular weight excluding hydrogens is 280 g/mol. The lowest BCUT2D eigenvalue weighted by molar-refractivity contribution is -0.384. The zero-order valence-corrected chi connectivity index (χ0v) is 11.7. The van der Waals surface area contributed by atoms with Gasteiger partial charge in [0.15, 0.2) is 0 Å². The van der Waals surface area contributed by atoms with Crippen molar-refractivity contribution in [2.75, 3.05) is 12.0 Å². The molecule has 1 aromatic carbocycles. The van der Waals surface area contributed by atoms with Crippen LogP contribution in [-0.2, 0) is 0 Å². The first-order valence-corrected chi connectivity index (χ1v) is 7.34. The van der Waals surface area contributed by atoms with Gasteiger partial charge in [-0.3, -0.25) is 10.1 Å². The van der Waals surface area contributed by atoms with Crippen LogP contribution in [0.25, 0.3) is 11.4 Å². The first kappa shape index (κ1) is 14.5. The van der Waals surface area contributed by atoms with Gasteiger partial charge < -0.3 is 10.3 Å². The van der Waals surface area contributed by atoms with Crippen LogP contribution < -0.4 is 5.73 Å². The summed E-state index contributed by atoms with van der Waals surface area (Å²) in [5.41, 5.74) is 6.45. The summed E-state index contributed by atoms with van der Waals surface area (Å²) in [5, 5.41) is 14.6. The van der Waals surface area contributed by atoms with Crippen molar-refractivity contribution in [2.45, 2.75) is 12.5 Å². The highest BCUT2D eigenvalue weighted by molar-refractivity contribution is 7.98. The Morgan fingerprint density at radius 1 is 1.55 bits per heavy atom. The van der Waals surface area contributed by atoms with E-state index in [1.165, 1.54) is 12.1 Å². The molecule has 1 heterocycles. The zero-order chi connectivity index (χ0) is 14.5. The number of thioether (sulfide) groups is 1. The summed E-state index contributed by atoms with van der Waals surface area (Å²) < 4.78 is 5.11. The minimum absolute atomic E-state index is 0.0134. The van der Waals surface area contributed by atoms with Crippen LogP contribution in [-0.4, -0.2) is 27.1 Å². The second-order valence-electron chi connectivity index (χ2n) is 4.15. The number of benzene rings is 1. The molecule has 0 fully saturated rings. The summed E-state index contributed by atoms with van der Waals surface area (Å²) in [6.07, 6.45) is 2.73. The van der Waals surface area contributed by atoms with Crippen LogP contribution in [0.1, 0.15) is 18.4 Å². The van der Waals surface area contributed by atoms with Crippen molar-refractivity contribution < 1.29 is 9.45 Å². The predicted molar refractivity (Wildman–Crippen MR) is 76.3 cm³/mol. The topological polar surface area (TPSA) is 108 Å². The summed E-state index contributed by atoms with van der Waals surface area (Å²) >= 11 is 1.69. The molecule has 0 unspecified atom stereocenters. The Balaban J connectivity index is 2.20. The number of hydrogen-bond acceptors (Lipinski definition) is 7. The normalized spacial score (nSPS) is 12.3. The van der Waals surface area contributed by atoms with E-state index in [4.69, 9.17) is 10.3 Å². The van der Waals surface area contributed by atoms with Crippen molar-refractivity contribution in [3.05, 3.63) is 40.3 Å². The number of non-ortho nitro benzene ring substituents is 1. The molecule has 2 rings (SSSR count). The van der Waals surface area contributed by atoms with Crippen molar-refractivity contribution in [2.24, 2.45) is 5.73 Å². The van der Waals surface area contributed by atoms with Gasteiger partial charge in [0.25, 0.3) is 5.69 Å². The van der Waals surface area contributed by atoms with Crippen LogP contribution in [0.3, 0.4) is 0 Å². The van der Waals surface area contributed by atoms with Gasteiger partial charge in [0.2, 0.25) is 11.7 Å². The van der Waals surface area contributed by atoms with E-state index in [9.17, 15) is 10.1 Å². The molecule has 1 atom stereocenters. The van der Waals surface area contributed by atoms with Crippen molar-refractivity contribution in [1.82, 2.24) is 10.1 Å². The van der Waals surface area contributed by atoms with Gasteiger partial charge in [-0.25, -0.2) is 0 Å². The van der Waals surface area contributed by atoms with Crippen LogP contribution in [0.2, 0.25) is 0 Å². The molecule has 0 aliphatic carbocycles. The largest absolute Gasteiger partial charge is 0.337 e. The molecule has 0 saturated carbocycles. The molecule has 2 N–H and O–H groups in total. The fourth-order valence-electron chi connectivity index (χ4n) is 1.63. The fourth-order valence-corrected chi connectivity index (χ4v) is 2.12. The van der Waals surface area contributed by atoms with E-state index in [1.54, 1.807) is 23.9 Å². The third-order valence-corrected chi connectivity index (χ3v) is 3.35. The summed E-state index contributed by atoms with van der Waals surface area (Å²) in [4.78, 5) is 14.5. The summed E-state index contributed by atoms with van der Waals surface area (Å²) in [5.74, 6) is 1.55. The molecule has 0 radical (unpaired) electrons. The Kier molecular flexibility index (Phi) is 4.70. The van der Waals surface area contributed by atoms with Gasteiger partial charge in [-0.1, -0.05) is 17.3 Å². The average Bonchev–Trinajstić information content (AvgIpc) is 2.94. The van der Waals surface area contributed by atoms with Crippen LogP contribution in [0.5, 0.6) is 0 Å². The lowest BCUT2D eigenvalue weighted by Crippen LogP contribution is -2.11. The molecule has 0 aliphatic rings. The van der Waals surface area contributed by atoms with E-state index >= 15 is 0 Å². The van der Waals surface area contributed by atoms with E-state index < -0.39 is 4.92 Å². The monoisotopic (exact) mass is 294 g/mol. The molecule has 0 spiro atoms. The molecule has 20 heavy (non-hydrogen) atoms. The molecule has 0 aliphatic heterocycles. The van der Waals surface area contributed by atoms with Gasteiger partial charge in [-0.15, -0.1) is 0 Å². The SMILES string of the molecule is CSCC[C@H](N)c1nc(-c2cccc([N+](=O)[O-])c2)no1. The maximum atomic E-state index is 10.7. The highest BCUT2D eigenvalue weighted by Crippen LogP contribution is 2.23. The molecule has 106 valence electrons. The highest BCUT2D eigenvalue weighted by Gasteiger charge is 2.16. The van der Waals surface area contributed by atoms with Gasteiger partial charge in [-0.2, -0.15) is 16.7 Å². The number of nitro groups is 1. The predicted octanol–water partition coefficient (Wildman–Crippen LogP) is 2.40. The van der Waals surface area contributed by atoms with Crippen LogP contribution in [0.15, 0.2) is 28.8 Å². The molecule has 7 nitrogen and oxygen atoms in total. The maximum Gasteiger partial charge on any atom is 0.270 e. The number of nitrogens with zero attached hydrogens (tertiary/aromatic N) is 3. The molecule has 1 aromatic heterocycles. The van der Waals surface area contributed by atoms with Gasteiger partial charge in [0.05, 0.1) is 11.0 Å².